The molecule has 0 bridgehead atoms. The van der Waals surface area contributed by atoms with E-state index in [4.69, 9.17) is 14.0 Å². The summed E-state index contributed by atoms with van der Waals surface area (Å²) in [5.74, 6) is -0.543. The molecule has 3 amide bonds. The molecule has 4 aromatic rings. The predicted molar refractivity (Wildman–Crippen MR) is 140 cm³/mol. The number of carbonyl (C=O) groups is 3. The number of cyclic esters (lactones) is 1. The summed E-state index contributed by atoms with van der Waals surface area (Å²) in [5, 5.41) is 6.24. The maximum Gasteiger partial charge on any atom is 0.414 e. The molecule has 2 saturated heterocycles. The van der Waals surface area contributed by atoms with Gasteiger partial charge in [0.05, 0.1) is 24.5 Å². The number of rotatable bonds is 8. The summed E-state index contributed by atoms with van der Waals surface area (Å²) in [7, 11) is 0. The molecular weight excluding hydrogens is 539 g/mol. The normalized spacial score (nSPS) is 17.1. The first-order valence-electron chi connectivity index (χ1n) is 12.9. The zero-order valence-electron chi connectivity index (χ0n) is 21.7. The number of aromatic nitrogens is 4. The molecule has 0 saturated carbocycles. The standard InChI is InChI=1S/C26H25FN8O6/c27-19-12-17(35-14-18(41-26(35)38)16-39-22-4-11-40-31-22)2-3-21(19)32-7-9-33(10-8-32)23(36)13-29-24(37)20-15-34-6-1-5-28-25(34)30-20/h1-6,11-12,15,18H,7-10,13-14,16H2,(H,29,37). The fraction of sp³-hybridized carbons (Fsp3) is 0.308. The molecule has 6 rings (SSSR count). The van der Waals surface area contributed by atoms with Gasteiger partial charge < -0.3 is 29.1 Å². The fourth-order valence-corrected chi connectivity index (χ4v) is 4.69. The Morgan fingerprint density at radius 2 is 2.02 bits per heavy atom. The third-order valence-electron chi connectivity index (χ3n) is 6.79. The molecule has 14 nitrogen and oxygen atoms in total. The summed E-state index contributed by atoms with van der Waals surface area (Å²) in [6, 6.07) is 7.82. The molecule has 1 aromatic carbocycles. The van der Waals surface area contributed by atoms with Crippen LogP contribution in [0.4, 0.5) is 20.6 Å². The SMILES string of the molecule is O=C(NCC(=O)N1CCN(c2ccc(N3CC(COc4ccon4)OC3=O)cc2F)CC1)c1cn2cccnc2n1. The summed E-state index contributed by atoms with van der Waals surface area (Å²) in [4.78, 5) is 50.5. The van der Waals surface area contributed by atoms with Crippen LogP contribution in [0.15, 0.2) is 59.7 Å². The van der Waals surface area contributed by atoms with Crippen molar-refractivity contribution in [2.45, 2.75) is 6.10 Å². The van der Waals surface area contributed by atoms with E-state index in [0.717, 1.165) is 0 Å². The lowest BCUT2D eigenvalue weighted by molar-refractivity contribution is -0.130. The Kier molecular flexibility index (Phi) is 7.06. The van der Waals surface area contributed by atoms with Gasteiger partial charge in [-0.1, -0.05) is 0 Å². The molecule has 2 aliphatic heterocycles. The number of imidazole rings is 1. The summed E-state index contributed by atoms with van der Waals surface area (Å²) in [6.45, 7) is 1.63. The molecule has 2 fully saturated rings. The maximum atomic E-state index is 15.1. The van der Waals surface area contributed by atoms with E-state index in [-0.39, 0.29) is 37.2 Å². The van der Waals surface area contributed by atoms with Crippen molar-refractivity contribution in [3.8, 4) is 5.88 Å². The molecule has 0 spiro atoms. The molecule has 1 N–H and O–H groups in total. The first-order chi connectivity index (χ1) is 19.9. The number of carbonyl (C=O) groups excluding carboxylic acids is 3. The third kappa shape index (κ3) is 5.59. The zero-order chi connectivity index (χ0) is 28.3. The molecule has 212 valence electrons. The number of halogens is 1. The zero-order valence-corrected chi connectivity index (χ0v) is 21.7. The Morgan fingerprint density at radius 1 is 1.17 bits per heavy atom. The molecule has 5 heterocycles. The summed E-state index contributed by atoms with van der Waals surface area (Å²) >= 11 is 0. The van der Waals surface area contributed by atoms with Crippen LogP contribution in [-0.2, 0) is 9.53 Å². The van der Waals surface area contributed by atoms with Gasteiger partial charge in [0.15, 0.2) is 6.10 Å². The van der Waals surface area contributed by atoms with Crippen molar-refractivity contribution >= 4 is 35.1 Å². The number of fused-ring (bicyclic) bond motifs is 1. The van der Waals surface area contributed by atoms with E-state index < -0.39 is 23.9 Å². The number of hydrogen-bond acceptors (Lipinski definition) is 10. The molecule has 3 aromatic heterocycles. The van der Waals surface area contributed by atoms with Crippen molar-refractivity contribution in [3.63, 3.8) is 0 Å². The van der Waals surface area contributed by atoms with Crippen LogP contribution in [0.2, 0.25) is 0 Å². The van der Waals surface area contributed by atoms with Gasteiger partial charge in [0, 0.05) is 50.8 Å². The highest BCUT2D eigenvalue weighted by atomic mass is 19.1. The van der Waals surface area contributed by atoms with Gasteiger partial charge in [0.25, 0.3) is 11.8 Å². The minimum absolute atomic E-state index is 0.0834. The highest BCUT2D eigenvalue weighted by Gasteiger charge is 2.34. The van der Waals surface area contributed by atoms with Crippen LogP contribution in [0.3, 0.4) is 0 Å². The summed E-state index contributed by atoms with van der Waals surface area (Å²) in [5.41, 5.74) is 0.900. The second-order valence-electron chi connectivity index (χ2n) is 9.40. The van der Waals surface area contributed by atoms with Crippen LogP contribution >= 0.6 is 0 Å². The van der Waals surface area contributed by atoms with Crippen molar-refractivity contribution in [3.05, 3.63) is 66.7 Å². The summed E-state index contributed by atoms with van der Waals surface area (Å²) in [6.07, 6.45) is 5.07. The van der Waals surface area contributed by atoms with Crippen LogP contribution in [0.5, 0.6) is 5.88 Å². The van der Waals surface area contributed by atoms with Crippen LogP contribution < -0.4 is 19.9 Å². The van der Waals surface area contributed by atoms with Crippen molar-refractivity contribution < 1.29 is 32.8 Å². The van der Waals surface area contributed by atoms with Gasteiger partial charge in [-0.3, -0.25) is 18.9 Å². The van der Waals surface area contributed by atoms with Crippen molar-refractivity contribution in [1.29, 1.82) is 0 Å². The van der Waals surface area contributed by atoms with Crippen LogP contribution in [0.25, 0.3) is 5.78 Å². The number of hydrogen-bond donors (Lipinski definition) is 1. The molecule has 0 aliphatic carbocycles. The number of nitrogens with zero attached hydrogens (tertiary/aromatic N) is 7. The van der Waals surface area contributed by atoms with Gasteiger partial charge in [-0.25, -0.2) is 19.2 Å². The number of amides is 3. The van der Waals surface area contributed by atoms with E-state index in [9.17, 15) is 14.4 Å². The highest BCUT2D eigenvalue weighted by Crippen LogP contribution is 2.29. The number of benzene rings is 1. The molecular formula is C26H25FN8O6. The molecule has 2 aliphatic rings. The van der Waals surface area contributed by atoms with Crippen LogP contribution in [-0.4, -0.2) is 94.3 Å². The average Bonchev–Trinajstić information content (AvgIpc) is 3.74. The van der Waals surface area contributed by atoms with E-state index in [2.05, 4.69) is 20.4 Å². The van der Waals surface area contributed by atoms with E-state index in [0.29, 0.717) is 43.3 Å². The van der Waals surface area contributed by atoms with E-state index in [1.54, 1.807) is 52.2 Å². The Balaban J connectivity index is 0.991. The van der Waals surface area contributed by atoms with Gasteiger partial charge in [0.1, 0.15) is 24.4 Å². The van der Waals surface area contributed by atoms with Gasteiger partial charge in [-0.05, 0) is 29.4 Å². The smallest absolute Gasteiger partial charge is 0.414 e. The van der Waals surface area contributed by atoms with Crippen LogP contribution in [0, 0.1) is 5.82 Å². The lowest BCUT2D eigenvalue weighted by Crippen LogP contribution is -2.51. The number of anilines is 2. The van der Waals surface area contributed by atoms with Crippen LogP contribution in [0.1, 0.15) is 10.5 Å². The molecule has 41 heavy (non-hydrogen) atoms. The largest absolute Gasteiger partial charge is 0.471 e. The minimum Gasteiger partial charge on any atom is -0.471 e. The molecule has 1 unspecified atom stereocenters. The number of piperazine rings is 1. The molecule has 15 heteroatoms. The van der Waals surface area contributed by atoms with Gasteiger partial charge in [-0.2, -0.15) is 0 Å². The van der Waals surface area contributed by atoms with E-state index in [1.165, 1.54) is 17.2 Å². The first-order valence-corrected chi connectivity index (χ1v) is 12.9. The second-order valence-corrected chi connectivity index (χ2v) is 9.40. The second kappa shape index (κ2) is 11.1. The lowest BCUT2D eigenvalue weighted by Gasteiger charge is -2.36. The highest BCUT2D eigenvalue weighted by molar-refractivity contribution is 5.95. The van der Waals surface area contributed by atoms with E-state index >= 15 is 4.39 Å². The Morgan fingerprint density at radius 3 is 2.78 bits per heavy atom. The van der Waals surface area contributed by atoms with Gasteiger partial charge >= 0.3 is 6.09 Å². The third-order valence-corrected chi connectivity index (χ3v) is 6.79. The predicted octanol–water partition coefficient (Wildman–Crippen LogP) is 1.34. The average molecular weight is 565 g/mol. The summed E-state index contributed by atoms with van der Waals surface area (Å²) < 4.78 is 32.2. The molecule has 0 radical (unpaired) electrons. The van der Waals surface area contributed by atoms with Crippen molar-refractivity contribution in [2.24, 2.45) is 0 Å². The number of nitrogens with one attached hydrogen (secondary N) is 1. The Hall–Kier alpha value is -5.21. The maximum absolute atomic E-state index is 15.1. The fourth-order valence-electron chi connectivity index (χ4n) is 4.69. The Labute approximate surface area is 232 Å². The van der Waals surface area contributed by atoms with E-state index in [1.807, 2.05) is 4.90 Å². The quantitative estimate of drug-likeness (QED) is 0.332. The first kappa shape index (κ1) is 26.0. The topological polar surface area (TPSA) is 148 Å². The lowest BCUT2D eigenvalue weighted by atomic mass is 10.2. The Bertz CT molecular complexity index is 1540. The van der Waals surface area contributed by atoms with Crippen molar-refractivity contribution in [1.82, 2.24) is 29.7 Å². The monoisotopic (exact) mass is 564 g/mol. The van der Waals surface area contributed by atoms with Gasteiger partial charge in [-0.15, -0.1) is 0 Å². The minimum atomic E-state index is -0.594. The molecule has 1 atom stereocenters. The number of ether oxygens (including phenoxy) is 2. The van der Waals surface area contributed by atoms with Crippen molar-refractivity contribution in [2.75, 3.05) is 55.7 Å². The van der Waals surface area contributed by atoms with Gasteiger partial charge in [0.2, 0.25) is 11.7 Å².